The fraction of sp³-hybridized carbons (Fsp3) is 0.294. The number of benzene rings is 1. The first-order valence-corrected chi connectivity index (χ1v) is 7.80. The molecular weight excluding hydrogens is 326 g/mol. The quantitative estimate of drug-likeness (QED) is 0.649. The molecule has 1 aromatic rings. The third kappa shape index (κ3) is 4.03. The van der Waals surface area contributed by atoms with Gasteiger partial charge in [0.25, 0.3) is 0 Å². The van der Waals surface area contributed by atoms with Crippen molar-refractivity contribution < 1.29 is 24.3 Å². The van der Waals surface area contributed by atoms with Crippen molar-refractivity contribution in [3.05, 3.63) is 42.1 Å². The molecule has 3 N–H and O–H groups in total. The number of carbonyl (C=O) groups excluding carboxylic acids is 3. The highest BCUT2D eigenvalue weighted by Gasteiger charge is 2.41. The lowest BCUT2D eigenvalue weighted by Gasteiger charge is -2.31. The second-order valence-electron chi connectivity index (χ2n) is 5.60. The molecule has 0 radical (unpaired) electrons. The van der Waals surface area contributed by atoms with Crippen LogP contribution in [0, 0.1) is 5.92 Å². The largest absolute Gasteiger partial charge is 0.478 e. The summed E-state index contributed by atoms with van der Waals surface area (Å²) in [6.45, 7) is 5.88. The molecule has 0 unspecified atom stereocenters. The van der Waals surface area contributed by atoms with Crippen LogP contribution >= 0.6 is 0 Å². The van der Waals surface area contributed by atoms with E-state index in [4.69, 9.17) is 5.11 Å². The normalized spacial score (nSPS) is 17.2. The van der Waals surface area contributed by atoms with Crippen LogP contribution in [-0.2, 0) is 9.59 Å². The van der Waals surface area contributed by atoms with Gasteiger partial charge in [-0.25, -0.2) is 9.59 Å². The SMILES string of the molecule is C=C(Nc1ccc(C(=O)O)cc1)[C@H]1C(=O)NC(=O)N(CCCC)C1=O. The van der Waals surface area contributed by atoms with Crippen molar-refractivity contribution in [3.8, 4) is 0 Å². The lowest BCUT2D eigenvalue weighted by Crippen LogP contribution is -2.58. The van der Waals surface area contributed by atoms with Crippen LogP contribution < -0.4 is 10.6 Å². The van der Waals surface area contributed by atoms with Crippen molar-refractivity contribution in [2.75, 3.05) is 11.9 Å². The van der Waals surface area contributed by atoms with E-state index >= 15 is 0 Å². The maximum atomic E-state index is 12.5. The van der Waals surface area contributed by atoms with E-state index in [2.05, 4.69) is 17.2 Å². The van der Waals surface area contributed by atoms with Crippen LogP contribution in [0.3, 0.4) is 0 Å². The van der Waals surface area contributed by atoms with Crippen molar-refractivity contribution in [2.24, 2.45) is 5.92 Å². The number of carboxylic acids is 1. The van der Waals surface area contributed by atoms with Gasteiger partial charge in [0.2, 0.25) is 11.8 Å². The van der Waals surface area contributed by atoms with E-state index in [0.29, 0.717) is 12.1 Å². The molecule has 0 aromatic heterocycles. The maximum Gasteiger partial charge on any atom is 0.335 e. The zero-order valence-electron chi connectivity index (χ0n) is 13.7. The Hall–Kier alpha value is -3.16. The molecule has 0 spiro atoms. The Morgan fingerprint density at radius 3 is 2.48 bits per heavy atom. The first-order valence-electron chi connectivity index (χ1n) is 7.80. The van der Waals surface area contributed by atoms with E-state index in [1.54, 1.807) is 0 Å². The van der Waals surface area contributed by atoms with Gasteiger partial charge < -0.3 is 10.4 Å². The Bertz CT molecular complexity index is 726. The number of carboxylic acid groups (broad SMARTS) is 1. The Morgan fingerprint density at radius 1 is 1.28 bits per heavy atom. The number of hydrogen-bond donors (Lipinski definition) is 3. The number of carbonyl (C=O) groups is 4. The van der Waals surface area contributed by atoms with E-state index in [-0.39, 0.29) is 17.8 Å². The zero-order valence-corrected chi connectivity index (χ0v) is 13.7. The molecule has 1 heterocycles. The molecule has 0 saturated carbocycles. The monoisotopic (exact) mass is 345 g/mol. The average molecular weight is 345 g/mol. The van der Waals surface area contributed by atoms with E-state index in [1.165, 1.54) is 24.3 Å². The van der Waals surface area contributed by atoms with Gasteiger partial charge in [-0.15, -0.1) is 0 Å². The molecule has 132 valence electrons. The number of hydrogen-bond acceptors (Lipinski definition) is 5. The second kappa shape index (κ2) is 7.61. The van der Waals surface area contributed by atoms with Crippen molar-refractivity contribution >= 4 is 29.5 Å². The third-order valence-electron chi connectivity index (χ3n) is 3.77. The molecule has 1 saturated heterocycles. The molecule has 1 aliphatic heterocycles. The van der Waals surface area contributed by atoms with E-state index in [9.17, 15) is 19.2 Å². The summed E-state index contributed by atoms with van der Waals surface area (Å²) < 4.78 is 0. The van der Waals surface area contributed by atoms with E-state index < -0.39 is 29.7 Å². The molecule has 4 amide bonds. The van der Waals surface area contributed by atoms with Crippen LogP contribution in [0.25, 0.3) is 0 Å². The molecule has 0 aliphatic carbocycles. The summed E-state index contributed by atoms with van der Waals surface area (Å²) in [5.41, 5.74) is 0.700. The van der Waals surface area contributed by atoms with Crippen molar-refractivity contribution in [2.45, 2.75) is 19.8 Å². The molecule has 1 fully saturated rings. The molecular formula is C17H19N3O5. The van der Waals surface area contributed by atoms with Gasteiger partial charge in [0.05, 0.1) is 5.56 Å². The summed E-state index contributed by atoms with van der Waals surface area (Å²) in [5, 5.41) is 13.9. The van der Waals surface area contributed by atoms with Crippen LogP contribution in [0.1, 0.15) is 30.1 Å². The number of rotatable bonds is 7. The summed E-state index contributed by atoms with van der Waals surface area (Å²) in [5.74, 6) is -3.64. The Kier molecular flexibility index (Phi) is 5.53. The number of aromatic carboxylic acids is 1. The first kappa shape index (κ1) is 18.2. The number of imide groups is 2. The number of nitrogens with one attached hydrogen (secondary N) is 2. The van der Waals surface area contributed by atoms with E-state index in [1.807, 2.05) is 6.92 Å². The lowest BCUT2D eigenvalue weighted by molar-refractivity contribution is -0.140. The van der Waals surface area contributed by atoms with Gasteiger partial charge in [0.15, 0.2) is 5.92 Å². The predicted octanol–water partition coefficient (Wildman–Crippen LogP) is 1.81. The maximum absolute atomic E-state index is 12.5. The molecule has 1 atom stereocenters. The summed E-state index contributed by atoms with van der Waals surface area (Å²) in [6, 6.07) is 5.05. The number of amides is 4. The highest BCUT2D eigenvalue weighted by Crippen LogP contribution is 2.21. The Morgan fingerprint density at radius 2 is 1.92 bits per heavy atom. The highest BCUT2D eigenvalue weighted by atomic mass is 16.4. The molecule has 8 nitrogen and oxygen atoms in total. The van der Waals surface area contributed by atoms with Gasteiger partial charge in [0, 0.05) is 17.9 Å². The fourth-order valence-corrected chi connectivity index (χ4v) is 2.40. The Balaban J connectivity index is 2.13. The molecule has 0 bridgehead atoms. The molecule has 1 aromatic carbocycles. The Labute approximate surface area is 144 Å². The second-order valence-corrected chi connectivity index (χ2v) is 5.60. The summed E-state index contributed by atoms with van der Waals surface area (Å²) in [7, 11) is 0. The van der Waals surface area contributed by atoms with Gasteiger partial charge in [-0.2, -0.15) is 0 Å². The minimum Gasteiger partial charge on any atom is -0.478 e. The van der Waals surface area contributed by atoms with E-state index in [0.717, 1.165) is 11.3 Å². The summed E-state index contributed by atoms with van der Waals surface area (Å²) in [4.78, 5) is 48.2. The smallest absolute Gasteiger partial charge is 0.335 e. The van der Waals surface area contributed by atoms with Crippen molar-refractivity contribution in [3.63, 3.8) is 0 Å². The van der Waals surface area contributed by atoms with Crippen molar-refractivity contribution in [1.29, 1.82) is 0 Å². The number of unbranched alkanes of at least 4 members (excludes halogenated alkanes) is 1. The topological polar surface area (TPSA) is 116 Å². The van der Waals surface area contributed by atoms with Gasteiger partial charge in [-0.1, -0.05) is 19.9 Å². The van der Waals surface area contributed by atoms with Gasteiger partial charge in [-0.3, -0.25) is 19.8 Å². The van der Waals surface area contributed by atoms with Gasteiger partial charge >= 0.3 is 12.0 Å². The average Bonchev–Trinajstić information content (AvgIpc) is 2.54. The molecule has 1 aliphatic rings. The van der Waals surface area contributed by atoms with Crippen molar-refractivity contribution in [1.82, 2.24) is 10.2 Å². The van der Waals surface area contributed by atoms with Crippen LogP contribution in [0.15, 0.2) is 36.5 Å². The van der Waals surface area contributed by atoms with Crippen LogP contribution in [0.4, 0.5) is 10.5 Å². The summed E-state index contributed by atoms with van der Waals surface area (Å²) >= 11 is 0. The molecule has 2 rings (SSSR count). The number of anilines is 1. The third-order valence-corrected chi connectivity index (χ3v) is 3.77. The standard InChI is InChI=1S/C17H19N3O5/c1-3-4-9-20-15(22)13(14(21)19-17(20)25)10(2)18-12-7-5-11(6-8-12)16(23)24/h5-8,13,18H,2-4,9H2,1H3,(H,23,24)(H,19,21,25)/t13-/m0/s1. The number of urea groups is 1. The molecule has 25 heavy (non-hydrogen) atoms. The lowest BCUT2D eigenvalue weighted by atomic mass is 10.0. The number of nitrogens with zero attached hydrogens (tertiary/aromatic N) is 1. The van der Waals surface area contributed by atoms with Crippen LogP contribution in [-0.4, -0.2) is 40.4 Å². The fourth-order valence-electron chi connectivity index (χ4n) is 2.40. The predicted molar refractivity (Wildman–Crippen MR) is 89.8 cm³/mol. The van der Waals surface area contributed by atoms with Crippen LogP contribution in [0.5, 0.6) is 0 Å². The van der Waals surface area contributed by atoms with Gasteiger partial charge in [-0.05, 0) is 30.7 Å². The minimum absolute atomic E-state index is 0.110. The van der Waals surface area contributed by atoms with Crippen LogP contribution in [0.2, 0.25) is 0 Å². The zero-order chi connectivity index (χ0) is 18.6. The minimum atomic E-state index is -1.23. The highest BCUT2D eigenvalue weighted by molar-refractivity contribution is 6.17. The van der Waals surface area contributed by atoms with Gasteiger partial charge in [0.1, 0.15) is 0 Å². The number of barbiturate groups is 1. The first-order chi connectivity index (χ1) is 11.8. The molecule has 8 heteroatoms. The summed E-state index contributed by atoms with van der Waals surface area (Å²) in [6.07, 6.45) is 1.43.